The second-order valence-electron chi connectivity index (χ2n) is 4.45. The number of aromatic hydroxyl groups is 1. The van der Waals surface area contributed by atoms with Gasteiger partial charge in [-0.2, -0.15) is 0 Å². The standard InChI is InChI=1S/C14H13BrCl2N2O2/c1-7-14(21)10(8(6-20)4-18-7)5-19-13-11(16)2-9(15)3-12(13)17/h2-4,19-21H,5-6H2,1H3. The third-order valence-electron chi connectivity index (χ3n) is 3.05. The van der Waals surface area contributed by atoms with Crippen LogP contribution in [0.25, 0.3) is 0 Å². The lowest BCUT2D eigenvalue weighted by Crippen LogP contribution is -2.06. The van der Waals surface area contributed by atoms with Gasteiger partial charge in [-0.05, 0) is 19.1 Å². The van der Waals surface area contributed by atoms with Gasteiger partial charge in [0.1, 0.15) is 5.75 Å². The van der Waals surface area contributed by atoms with Gasteiger partial charge >= 0.3 is 0 Å². The number of hydrogen-bond donors (Lipinski definition) is 3. The van der Waals surface area contributed by atoms with Crippen LogP contribution in [0.4, 0.5) is 5.69 Å². The van der Waals surface area contributed by atoms with Crippen molar-refractivity contribution in [1.29, 1.82) is 0 Å². The van der Waals surface area contributed by atoms with E-state index in [0.29, 0.717) is 32.6 Å². The second kappa shape index (κ2) is 6.83. The molecule has 0 unspecified atom stereocenters. The largest absolute Gasteiger partial charge is 0.506 e. The minimum atomic E-state index is -0.209. The van der Waals surface area contributed by atoms with Gasteiger partial charge in [-0.3, -0.25) is 4.98 Å². The Morgan fingerprint density at radius 2 is 1.90 bits per heavy atom. The SMILES string of the molecule is Cc1ncc(CO)c(CNc2c(Cl)cc(Br)cc2Cl)c1O. The predicted molar refractivity (Wildman–Crippen MR) is 88.1 cm³/mol. The number of nitrogens with one attached hydrogen (secondary N) is 1. The molecule has 0 aliphatic heterocycles. The summed E-state index contributed by atoms with van der Waals surface area (Å²) in [4.78, 5) is 4.02. The quantitative estimate of drug-likeness (QED) is 0.728. The van der Waals surface area contributed by atoms with Crippen molar-refractivity contribution in [3.8, 4) is 5.75 Å². The number of pyridine rings is 1. The first-order valence-electron chi connectivity index (χ1n) is 6.09. The predicted octanol–water partition coefficient (Wildman–Crippen LogP) is 4.27. The number of halogens is 3. The van der Waals surface area contributed by atoms with Gasteiger partial charge in [0.15, 0.2) is 0 Å². The summed E-state index contributed by atoms with van der Waals surface area (Å²) in [6, 6.07) is 3.45. The lowest BCUT2D eigenvalue weighted by Gasteiger charge is -2.15. The summed E-state index contributed by atoms with van der Waals surface area (Å²) in [5, 5.41) is 23.4. The van der Waals surface area contributed by atoms with Crippen molar-refractivity contribution >= 4 is 44.8 Å². The Bertz CT molecular complexity index is 657. The Morgan fingerprint density at radius 1 is 1.29 bits per heavy atom. The smallest absolute Gasteiger partial charge is 0.142 e. The number of aliphatic hydroxyl groups excluding tert-OH is 1. The molecule has 2 aromatic rings. The molecule has 7 heteroatoms. The van der Waals surface area contributed by atoms with Gasteiger partial charge in [0.25, 0.3) is 0 Å². The van der Waals surface area contributed by atoms with E-state index < -0.39 is 0 Å². The number of nitrogens with zero attached hydrogens (tertiary/aromatic N) is 1. The van der Waals surface area contributed by atoms with Gasteiger partial charge < -0.3 is 15.5 Å². The van der Waals surface area contributed by atoms with Crippen LogP contribution in [0.2, 0.25) is 10.0 Å². The zero-order valence-electron chi connectivity index (χ0n) is 11.1. The summed E-state index contributed by atoms with van der Waals surface area (Å²) in [5.74, 6) is 0.0541. The topological polar surface area (TPSA) is 65.4 Å². The molecule has 0 saturated heterocycles. The number of hydrogen-bond acceptors (Lipinski definition) is 4. The number of aliphatic hydroxyl groups is 1. The van der Waals surface area contributed by atoms with E-state index in [4.69, 9.17) is 23.2 Å². The molecule has 2 rings (SSSR count). The molecule has 0 radical (unpaired) electrons. The highest BCUT2D eigenvalue weighted by atomic mass is 79.9. The molecular weight excluding hydrogens is 379 g/mol. The number of rotatable bonds is 4. The molecular formula is C14H13BrCl2N2O2. The molecule has 0 atom stereocenters. The van der Waals surface area contributed by atoms with Crippen molar-refractivity contribution in [2.75, 3.05) is 5.32 Å². The molecule has 0 fully saturated rings. The first-order valence-corrected chi connectivity index (χ1v) is 7.64. The first kappa shape index (κ1) is 16.4. The molecule has 1 aromatic carbocycles. The van der Waals surface area contributed by atoms with E-state index in [1.807, 2.05) is 0 Å². The van der Waals surface area contributed by atoms with Crippen LogP contribution in [0.15, 0.2) is 22.8 Å². The van der Waals surface area contributed by atoms with Crippen molar-refractivity contribution in [3.63, 3.8) is 0 Å². The van der Waals surface area contributed by atoms with Crippen LogP contribution < -0.4 is 5.32 Å². The Labute approximate surface area is 140 Å². The van der Waals surface area contributed by atoms with Gasteiger partial charge in [0, 0.05) is 28.3 Å². The van der Waals surface area contributed by atoms with Crippen LogP contribution >= 0.6 is 39.1 Å². The molecule has 4 nitrogen and oxygen atoms in total. The van der Waals surface area contributed by atoms with Crippen molar-refractivity contribution in [2.24, 2.45) is 0 Å². The van der Waals surface area contributed by atoms with Gasteiger partial charge in [0.2, 0.25) is 0 Å². The van der Waals surface area contributed by atoms with Crippen LogP contribution in [0, 0.1) is 6.92 Å². The summed E-state index contributed by atoms with van der Waals surface area (Å²) in [5.41, 5.74) is 2.19. The normalized spacial score (nSPS) is 10.7. The fourth-order valence-corrected chi connectivity index (χ4v) is 3.25. The van der Waals surface area contributed by atoms with E-state index in [0.717, 1.165) is 4.47 Å². The lowest BCUT2D eigenvalue weighted by atomic mass is 10.1. The molecule has 1 heterocycles. The summed E-state index contributed by atoms with van der Waals surface area (Å²) >= 11 is 15.6. The average Bonchev–Trinajstić information content (AvgIpc) is 2.42. The molecule has 1 aromatic heterocycles. The van der Waals surface area contributed by atoms with Crippen molar-refractivity contribution in [2.45, 2.75) is 20.1 Å². The molecule has 0 saturated carbocycles. The highest BCUT2D eigenvalue weighted by molar-refractivity contribution is 9.10. The van der Waals surface area contributed by atoms with Gasteiger partial charge in [0.05, 0.1) is 28.0 Å². The molecule has 0 aliphatic carbocycles. The number of aromatic nitrogens is 1. The van der Waals surface area contributed by atoms with Crippen molar-refractivity contribution in [1.82, 2.24) is 4.98 Å². The molecule has 112 valence electrons. The van der Waals surface area contributed by atoms with E-state index in [2.05, 4.69) is 26.2 Å². The maximum atomic E-state index is 10.1. The zero-order valence-corrected chi connectivity index (χ0v) is 14.2. The molecule has 0 spiro atoms. The highest BCUT2D eigenvalue weighted by Crippen LogP contribution is 2.35. The van der Waals surface area contributed by atoms with E-state index in [-0.39, 0.29) is 18.9 Å². The van der Waals surface area contributed by atoms with Crippen LogP contribution in [-0.4, -0.2) is 15.2 Å². The fourth-order valence-electron chi connectivity index (χ4n) is 1.91. The molecule has 3 N–H and O–H groups in total. The highest BCUT2D eigenvalue weighted by Gasteiger charge is 2.13. The van der Waals surface area contributed by atoms with Gasteiger partial charge in [-0.15, -0.1) is 0 Å². The van der Waals surface area contributed by atoms with Crippen LogP contribution in [0.3, 0.4) is 0 Å². The second-order valence-corrected chi connectivity index (χ2v) is 6.18. The maximum Gasteiger partial charge on any atom is 0.142 e. The van der Waals surface area contributed by atoms with Crippen LogP contribution in [-0.2, 0) is 13.2 Å². The summed E-state index contributed by atoms with van der Waals surface area (Å²) in [7, 11) is 0. The van der Waals surface area contributed by atoms with Crippen molar-refractivity contribution < 1.29 is 10.2 Å². The monoisotopic (exact) mass is 390 g/mol. The number of benzene rings is 1. The van der Waals surface area contributed by atoms with E-state index in [9.17, 15) is 10.2 Å². The Balaban J connectivity index is 2.31. The minimum absolute atomic E-state index is 0.0541. The van der Waals surface area contributed by atoms with E-state index in [1.54, 1.807) is 19.1 Å². The molecule has 0 aliphatic rings. The number of anilines is 1. The van der Waals surface area contributed by atoms with Crippen LogP contribution in [0.5, 0.6) is 5.75 Å². The maximum absolute atomic E-state index is 10.1. The third kappa shape index (κ3) is 3.61. The summed E-state index contributed by atoms with van der Waals surface area (Å²) in [6.45, 7) is 1.76. The molecule has 0 amide bonds. The summed E-state index contributed by atoms with van der Waals surface area (Å²) in [6.07, 6.45) is 1.54. The third-order valence-corrected chi connectivity index (χ3v) is 4.10. The Morgan fingerprint density at radius 3 is 2.48 bits per heavy atom. The fraction of sp³-hybridized carbons (Fsp3) is 0.214. The zero-order chi connectivity index (χ0) is 15.6. The average molecular weight is 392 g/mol. The first-order chi connectivity index (χ1) is 9.93. The van der Waals surface area contributed by atoms with Crippen LogP contribution in [0.1, 0.15) is 16.8 Å². The lowest BCUT2D eigenvalue weighted by molar-refractivity contribution is 0.279. The Kier molecular flexibility index (Phi) is 5.32. The molecule has 0 bridgehead atoms. The van der Waals surface area contributed by atoms with E-state index in [1.165, 1.54) is 6.20 Å². The van der Waals surface area contributed by atoms with E-state index >= 15 is 0 Å². The van der Waals surface area contributed by atoms with Gasteiger partial charge in [-0.1, -0.05) is 39.1 Å². The molecule has 21 heavy (non-hydrogen) atoms. The van der Waals surface area contributed by atoms with Crippen molar-refractivity contribution in [3.05, 3.63) is 49.7 Å². The van der Waals surface area contributed by atoms with Gasteiger partial charge in [-0.25, -0.2) is 0 Å². The summed E-state index contributed by atoms with van der Waals surface area (Å²) < 4.78 is 0.779. The minimum Gasteiger partial charge on any atom is -0.506 e. The Hall–Kier alpha value is -1.01. The number of aryl methyl sites for hydroxylation is 1.